The van der Waals surface area contributed by atoms with Crippen molar-refractivity contribution in [3.63, 3.8) is 0 Å². The van der Waals surface area contributed by atoms with Crippen LogP contribution < -0.4 is 16.4 Å². The molecule has 0 bridgehead atoms. The summed E-state index contributed by atoms with van der Waals surface area (Å²) in [5.74, 6) is -0.247. The Morgan fingerprint density at radius 2 is 2.11 bits per heavy atom. The molecule has 0 spiro atoms. The molecule has 4 N–H and O–H groups in total. The molecule has 2 atom stereocenters. The largest absolute Gasteiger partial charge is 0.341 e. The lowest BCUT2D eigenvalue weighted by Crippen LogP contribution is -2.50. The van der Waals surface area contributed by atoms with E-state index in [1.165, 1.54) is 13.5 Å². The minimum absolute atomic E-state index is 0. The summed E-state index contributed by atoms with van der Waals surface area (Å²) in [6.45, 7) is 3.65. The van der Waals surface area contributed by atoms with E-state index in [1.54, 1.807) is 0 Å². The maximum Gasteiger partial charge on any atom is 0.321 e. The second-order valence-electron chi connectivity index (χ2n) is 4.84. The number of nitrogens with two attached hydrogens (primary N) is 1. The van der Waals surface area contributed by atoms with Crippen LogP contribution in [0.15, 0.2) is 0 Å². The second kappa shape index (κ2) is 9.12. The van der Waals surface area contributed by atoms with Crippen LogP contribution in [0.1, 0.15) is 32.6 Å². The van der Waals surface area contributed by atoms with Gasteiger partial charge in [0.05, 0.1) is 0 Å². The van der Waals surface area contributed by atoms with Gasteiger partial charge in [-0.15, -0.1) is 12.4 Å². The van der Waals surface area contributed by atoms with Crippen molar-refractivity contribution in [2.24, 2.45) is 5.73 Å². The number of likely N-dealkylation sites (tertiary alicyclic amines) is 1. The van der Waals surface area contributed by atoms with Crippen molar-refractivity contribution in [2.75, 3.05) is 20.1 Å². The highest BCUT2D eigenvalue weighted by Gasteiger charge is 2.25. The summed E-state index contributed by atoms with van der Waals surface area (Å²) < 4.78 is 0. The Morgan fingerprint density at radius 1 is 1.42 bits per heavy atom. The van der Waals surface area contributed by atoms with Crippen molar-refractivity contribution in [1.29, 1.82) is 0 Å². The van der Waals surface area contributed by atoms with E-state index in [2.05, 4.69) is 15.5 Å². The third-order valence-electron chi connectivity index (χ3n) is 3.38. The molecular weight excluding hydrogens is 268 g/mol. The standard InChI is InChI=1S/C12H24N4O2.ClH/c1-9(13)10-5-3-4-7-16(10)8-6-11(17)15-12(18)14-2;/h9-10H,3-8,13H2,1-2H3,(H2,14,15,17,18);1H. The number of halogens is 1. The zero-order valence-corrected chi connectivity index (χ0v) is 12.5. The molecule has 3 amide bonds. The summed E-state index contributed by atoms with van der Waals surface area (Å²) >= 11 is 0. The molecule has 0 aromatic rings. The van der Waals surface area contributed by atoms with Gasteiger partial charge in [-0.1, -0.05) is 6.42 Å². The molecule has 0 radical (unpaired) electrons. The van der Waals surface area contributed by atoms with Crippen LogP contribution in [0, 0.1) is 0 Å². The summed E-state index contributed by atoms with van der Waals surface area (Å²) in [4.78, 5) is 24.7. The van der Waals surface area contributed by atoms with Crippen LogP contribution >= 0.6 is 12.4 Å². The lowest BCUT2D eigenvalue weighted by molar-refractivity contribution is -0.120. The number of urea groups is 1. The average Bonchev–Trinajstić information content (AvgIpc) is 2.36. The molecule has 1 saturated heterocycles. The van der Waals surface area contributed by atoms with E-state index in [0.29, 0.717) is 19.0 Å². The van der Waals surface area contributed by atoms with Crippen LogP contribution in [0.25, 0.3) is 0 Å². The summed E-state index contributed by atoms with van der Waals surface area (Å²) in [6, 6.07) is 0.0150. The van der Waals surface area contributed by atoms with E-state index in [4.69, 9.17) is 5.73 Å². The van der Waals surface area contributed by atoms with E-state index in [-0.39, 0.29) is 24.4 Å². The average molecular weight is 293 g/mol. The Labute approximate surface area is 120 Å². The van der Waals surface area contributed by atoms with E-state index in [1.807, 2.05) is 6.92 Å². The first kappa shape index (κ1) is 18.1. The molecule has 1 aliphatic heterocycles. The van der Waals surface area contributed by atoms with E-state index >= 15 is 0 Å². The molecule has 1 rings (SSSR count). The number of carbonyl (C=O) groups is 2. The summed E-state index contributed by atoms with van der Waals surface area (Å²) in [6.07, 6.45) is 3.78. The van der Waals surface area contributed by atoms with E-state index in [0.717, 1.165) is 19.4 Å². The normalized spacial score (nSPS) is 21.1. The topological polar surface area (TPSA) is 87.5 Å². The third kappa shape index (κ3) is 6.22. The number of nitrogens with one attached hydrogen (secondary N) is 2. The molecule has 2 unspecified atom stereocenters. The first-order valence-electron chi connectivity index (χ1n) is 6.55. The smallest absolute Gasteiger partial charge is 0.321 e. The highest BCUT2D eigenvalue weighted by Crippen LogP contribution is 2.18. The predicted octanol–water partition coefficient (Wildman–Crippen LogP) is 0.456. The quantitative estimate of drug-likeness (QED) is 0.702. The number of piperidine rings is 1. The molecule has 6 nitrogen and oxygen atoms in total. The van der Waals surface area contributed by atoms with E-state index < -0.39 is 6.03 Å². The first-order valence-corrected chi connectivity index (χ1v) is 6.55. The lowest BCUT2D eigenvalue weighted by atomic mass is 9.97. The number of carbonyl (C=O) groups excluding carboxylic acids is 2. The Hall–Kier alpha value is -0.850. The van der Waals surface area contributed by atoms with E-state index in [9.17, 15) is 9.59 Å². The van der Waals surface area contributed by atoms with Crippen LogP contribution in [0.3, 0.4) is 0 Å². The molecule has 0 aliphatic carbocycles. The van der Waals surface area contributed by atoms with Crippen LogP contribution in [-0.2, 0) is 4.79 Å². The first-order chi connectivity index (χ1) is 8.54. The summed E-state index contributed by atoms with van der Waals surface area (Å²) in [7, 11) is 1.49. The maximum absolute atomic E-state index is 11.5. The number of nitrogens with zero attached hydrogens (tertiary/aromatic N) is 1. The highest BCUT2D eigenvalue weighted by molar-refractivity contribution is 5.94. The maximum atomic E-state index is 11.5. The van der Waals surface area contributed by atoms with Gasteiger partial charge in [0.25, 0.3) is 0 Å². The van der Waals surface area contributed by atoms with Crippen molar-refractivity contribution in [3.05, 3.63) is 0 Å². The number of imide groups is 1. The SMILES string of the molecule is CNC(=O)NC(=O)CCN1CCCCC1C(C)N.Cl. The molecular formula is C12H25ClN4O2. The Balaban J connectivity index is 0.00000324. The number of amides is 3. The Bertz CT molecular complexity index is 299. The van der Waals surface area contributed by atoms with Gasteiger partial charge in [-0.25, -0.2) is 4.79 Å². The molecule has 0 aromatic carbocycles. The molecule has 0 aromatic heterocycles. The number of hydrogen-bond donors (Lipinski definition) is 3. The fourth-order valence-electron chi connectivity index (χ4n) is 2.39. The van der Waals surface area contributed by atoms with Crippen molar-refractivity contribution in [1.82, 2.24) is 15.5 Å². The fourth-order valence-corrected chi connectivity index (χ4v) is 2.39. The zero-order valence-electron chi connectivity index (χ0n) is 11.6. The molecule has 1 heterocycles. The molecule has 0 saturated carbocycles. The minimum Gasteiger partial charge on any atom is -0.341 e. The van der Waals surface area contributed by atoms with Gasteiger partial charge < -0.3 is 11.1 Å². The monoisotopic (exact) mass is 292 g/mol. The van der Waals surface area contributed by atoms with Crippen LogP contribution in [0.4, 0.5) is 4.79 Å². The second-order valence-corrected chi connectivity index (χ2v) is 4.84. The van der Waals surface area contributed by atoms with Crippen molar-refractivity contribution < 1.29 is 9.59 Å². The zero-order chi connectivity index (χ0) is 13.5. The minimum atomic E-state index is -0.456. The number of hydrogen-bond acceptors (Lipinski definition) is 4. The fraction of sp³-hybridized carbons (Fsp3) is 0.833. The lowest BCUT2D eigenvalue weighted by Gasteiger charge is -2.37. The van der Waals surface area contributed by atoms with Crippen LogP contribution in [0.5, 0.6) is 0 Å². The van der Waals surface area contributed by atoms with Gasteiger partial charge >= 0.3 is 6.03 Å². The van der Waals surface area contributed by atoms with Gasteiger partial charge in [-0.3, -0.25) is 15.0 Å². The highest BCUT2D eigenvalue weighted by atomic mass is 35.5. The van der Waals surface area contributed by atoms with Crippen molar-refractivity contribution in [3.8, 4) is 0 Å². The molecule has 1 aliphatic rings. The number of rotatable bonds is 4. The molecule has 1 fully saturated rings. The van der Waals surface area contributed by atoms with Crippen LogP contribution in [-0.4, -0.2) is 49.1 Å². The predicted molar refractivity (Wildman–Crippen MR) is 77.3 cm³/mol. The molecule has 7 heteroatoms. The van der Waals surface area contributed by atoms with Crippen molar-refractivity contribution in [2.45, 2.75) is 44.7 Å². The molecule has 112 valence electrons. The van der Waals surface area contributed by atoms with Crippen molar-refractivity contribution >= 4 is 24.3 Å². The van der Waals surface area contributed by atoms with Gasteiger partial charge in [0.2, 0.25) is 5.91 Å². The van der Waals surface area contributed by atoms with Gasteiger partial charge in [-0.2, -0.15) is 0 Å². The van der Waals surface area contributed by atoms with Gasteiger partial charge in [0, 0.05) is 32.1 Å². The van der Waals surface area contributed by atoms with Gasteiger partial charge in [-0.05, 0) is 26.3 Å². The van der Waals surface area contributed by atoms with Gasteiger partial charge in [0.15, 0.2) is 0 Å². The third-order valence-corrected chi connectivity index (χ3v) is 3.38. The molecule has 19 heavy (non-hydrogen) atoms. The Morgan fingerprint density at radius 3 is 2.68 bits per heavy atom. The Kier molecular flexibility index (Phi) is 8.71. The summed E-state index contributed by atoms with van der Waals surface area (Å²) in [5.41, 5.74) is 5.96. The van der Waals surface area contributed by atoms with Gasteiger partial charge in [0.1, 0.15) is 0 Å². The summed E-state index contributed by atoms with van der Waals surface area (Å²) in [5, 5.41) is 4.62. The van der Waals surface area contributed by atoms with Crippen LogP contribution in [0.2, 0.25) is 0 Å².